The molecule has 138 valence electrons. The zero-order valence-corrected chi connectivity index (χ0v) is 15.5. The van der Waals surface area contributed by atoms with Crippen molar-refractivity contribution in [1.29, 1.82) is 0 Å². The largest absolute Gasteiger partial charge is 0.378 e. The minimum absolute atomic E-state index is 0.421. The average molecular weight is 354 g/mol. The van der Waals surface area contributed by atoms with E-state index < -0.39 is 0 Å². The molecular weight excluding hydrogens is 328 g/mol. The lowest BCUT2D eigenvalue weighted by atomic mass is 10.2. The van der Waals surface area contributed by atoms with Gasteiger partial charge in [0.1, 0.15) is 11.6 Å². The van der Waals surface area contributed by atoms with E-state index in [1.165, 1.54) is 0 Å². The second kappa shape index (κ2) is 7.45. The topological polar surface area (TPSA) is 57.6 Å². The number of hydrogen-bond donors (Lipinski definition) is 0. The maximum absolute atomic E-state index is 5.42. The van der Waals surface area contributed by atoms with Gasteiger partial charge >= 0.3 is 0 Å². The van der Waals surface area contributed by atoms with Crippen LogP contribution in [0.15, 0.2) is 30.5 Å². The number of pyridine rings is 1. The maximum atomic E-state index is 5.42. The molecule has 0 bridgehead atoms. The highest BCUT2D eigenvalue weighted by Crippen LogP contribution is 2.24. The molecule has 7 nitrogen and oxygen atoms in total. The molecule has 0 saturated carbocycles. The van der Waals surface area contributed by atoms with E-state index in [0.29, 0.717) is 6.04 Å². The molecule has 7 heteroatoms. The Bertz CT molecular complexity index is 748. The second-order valence-corrected chi connectivity index (χ2v) is 6.95. The molecular formula is C19H26N6O. The van der Waals surface area contributed by atoms with Crippen molar-refractivity contribution in [3.63, 3.8) is 0 Å². The summed E-state index contributed by atoms with van der Waals surface area (Å²) < 4.78 is 5.42. The number of likely N-dealkylation sites (N-methyl/N-ethyl adjacent to an activating group) is 1. The van der Waals surface area contributed by atoms with Crippen LogP contribution in [0.5, 0.6) is 0 Å². The van der Waals surface area contributed by atoms with E-state index in [1.54, 1.807) is 0 Å². The number of anilines is 3. The molecule has 2 aliphatic heterocycles. The Morgan fingerprint density at radius 3 is 2.73 bits per heavy atom. The maximum Gasteiger partial charge on any atom is 0.227 e. The molecule has 0 radical (unpaired) electrons. The fourth-order valence-electron chi connectivity index (χ4n) is 3.61. The van der Waals surface area contributed by atoms with Gasteiger partial charge in [-0.05, 0) is 31.5 Å². The van der Waals surface area contributed by atoms with Gasteiger partial charge in [0, 0.05) is 51.2 Å². The summed E-state index contributed by atoms with van der Waals surface area (Å²) in [6.45, 7) is 7.20. The normalized spacial score (nSPS) is 20.5. The van der Waals surface area contributed by atoms with Crippen LogP contribution in [-0.4, -0.2) is 67.4 Å². The Balaban J connectivity index is 1.45. The van der Waals surface area contributed by atoms with Crippen molar-refractivity contribution in [1.82, 2.24) is 15.0 Å². The number of rotatable bonds is 4. The first kappa shape index (κ1) is 17.0. The van der Waals surface area contributed by atoms with Gasteiger partial charge in [0.25, 0.3) is 0 Å². The summed E-state index contributed by atoms with van der Waals surface area (Å²) in [6, 6.07) is 8.63. The van der Waals surface area contributed by atoms with Gasteiger partial charge in [0.15, 0.2) is 0 Å². The Kier molecular flexibility index (Phi) is 4.88. The number of hydrogen-bond acceptors (Lipinski definition) is 7. The van der Waals surface area contributed by atoms with Crippen LogP contribution in [0.4, 0.5) is 17.6 Å². The Morgan fingerprint density at radius 2 is 1.92 bits per heavy atom. The van der Waals surface area contributed by atoms with Crippen molar-refractivity contribution < 1.29 is 4.74 Å². The molecule has 2 fully saturated rings. The van der Waals surface area contributed by atoms with E-state index >= 15 is 0 Å². The predicted octanol–water partition coefficient (Wildman–Crippen LogP) is 1.73. The first-order chi connectivity index (χ1) is 12.7. The molecule has 4 heterocycles. The van der Waals surface area contributed by atoms with Gasteiger partial charge < -0.3 is 19.4 Å². The van der Waals surface area contributed by atoms with Crippen LogP contribution in [0.3, 0.4) is 0 Å². The van der Waals surface area contributed by atoms with Crippen LogP contribution >= 0.6 is 0 Å². The standard InChI is InChI=1S/C19H26N6O/c1-15-4-3-5-18(21-15)25-9-7-16(14-25)23(2)17-6-8-20-19(22-17)24-10-12-26-13-11-24/h3-6,8,16H,7,9-14H2,1-2H3. The third-order valence-corrected chi connectivity index (χ3v) is 5.19. The quantitative estimate of drug-likeness (QED) is 0.829. The monoisotopic (exact) mass is 354 g/mol. The fourth-order valence-corrected chi connectivity index (χ4v) is 3.61. The van der Waals surface area contributed by atoms with Crippen LogP contribution in [-0.2, 0) is 4.74 Å². The molecule has 2 saturated heterocycles. The van der Waals surface area contributed by atoms with Crippen LogP contribution in [0, 0.1) is 6.92 Å². The molecule has 4 rings (SSSR count). The van der Waals surface area contributed by atoms with Gasteiger partial charge in [-0.1, -0.05) is 6.07 Å². The smallest absolute Gasteiger partial charge is 0.227 e. The Hall–Kier alpha value is -2.41. The first-order valence-electron chi connectivity index (χ1n) is 9.28. The van der Waals surface area contributed by atoms with Gasteiger partial charge in [-0.3, -0.25) is 0 Å². The Morgan fingerprint density at radius 1 is 1.08 bits per heavy atom. The molecule has 26 heavy (non-hydrogen) atoms. The number of morpholine rings is 1. The SMILES string of the molecule is Cc1cccc(N2CCC(N(C)c3ccnc(N4CCOCC4)n3)C2)n1. The number of nitrogens with zero attached hydrogens (tertiary/aromatic N) is 6. The molecule has 0 N–H and O–H groups in total. The van der Waals surface area contributed by atoms with Crippen molar-refractivity contribution in [2.75, 3.05) is 61.1 Å². The predicted molar refractivity (Wildman–Crippen MR) is 103 cm³/mol. The minimum Gasteiger partial charge on any atom is -0.378 e. The highest BCUT2D eigenvalue weighted by atomic mass is 16.5. The summed E-state index contributed by atoms with van der Waals surface area (Å²) in [7, 11) is 2.13. The minimum atomic E-state index is 0.421. The van der Waals surface area contributed by atoms with Crippen molar-refractivity contribution in [2.24, 2.45) is 0 Å². The molecule has 2 aliphatic rings. The van der Waals surface area contributed by atoms with E-state index in [-0.39, 0.29) is 0 Å². The molecule has 1 unspecified atom stereocenters. The lowest BCUT2D eigenvalue weighted by Gasteiger charge is -2.29. The van der Waals surface area contributed by atoms with E-state index in [4.69, 9.17) is 9.72 Å². The average Bonchev–Trinajstić information content (AvgIpc) is 3.18. The van der Waals surface area contributed by atoms with Crippen molar-refractivity contribution in [3.8, 4) is 0 Å². The van der Waals surface area contributed by atoms with Crippen LogP contribution in [0.1, 0.15) is 12.1 Å². The van der Waals surface area contributed by atoms with Crippen molar-refractivity contribution in [3.05, 3.63) is 36.2 Å². The summed E-state index contributed by atoms with van der Waals surface area (Å²) in [5.74, 6) is 2.84. The summed E-state index contributed by atoms with van der Waals surface area (Å²) in [5.41, 5.74) is 1.06. The van der Waals surface area contributed by atoms with Crippen molar-refractivity contribution in [2.45, 2.75) is 19.4 Å². The molecule has 0 aromatic carbocycles. The Labute approximate surface area is 154 Å². The van der Waals surface area contributed by atoms with E-state index in [1.807, 2.05) is 25.3 Å². The summed E-state index contributed by atoms with van der Waals surface area (Å²) in [4.78, 5) is 20.8. The molecule has 2 aromatic rings. The molecule has 2 aromatic heterocycles. The zero-order valence-electron chi connectivity index (χ0n) is 15.5. The van der Waals surface area contributed by atoms with Gasteiger partial charge in [0.05, 0.1) is 13.2 Å². The fraction of sp³-hybridized carbons (Fsp3) is 0.526. The third kappa shape index (κ3) is 3.58. The second-order valence-electron chi connectivity index (χ2n) is 6.95. The number of aromatic nitrogens is 3. The zero-order chi connectivity index (χ0) is 17.9. The number of ether oxygens (including phenoxy) is 1. The summed E-state index contributed by atoms with van der Waals surface area (Å²) in [6.07, 6.45) is 2.96. The summed E-state index contributed by atoms with van der Waals surface area (Å²) >= 11 is 0. The number of aryl methyl sites for hydroxylation is 1. The van der Waals surface area contributed by atoms with Gasteiger partial charge in [0.2, 0.25) is 5.95 Å². The van der Waals surface area contributed by atoms with Gasteiger partial charge in [-0.2, -0.15) is 4.98 Å². The first-order valence-corrected chi connectivity index (χ1v) is 9.28. The molecule has 1 atom stereocenters. The molecule has 0 aliphatic carbocycles. The summed E-state index contributed by atoms with van der Waals surface area (Å²) in [5, 5.41) is 0. The lowest BCUT2D eigenvalue weighted by Crippen LogP contribution is -2.38. The molecule has 0 amide bonds. The third-order valence-electron chi connectivity index (χ3n) is 5.19. The molecule has 0 spiro atoms. The lowest BCUT2D eigenvalue weighted by molar-refractivity contribution is 0.122. The van der Waals surface area contributed by atoms with E-state index in [0.717, 1.165) is 69.1 Å². The van der Waals surface area contributed by atoms with Crippen LogP contribution in [0.25, 0.3) is 0 Å². The van der Waals surface area contributed by atoms with E-state index in [9.17, 15) is 0 Å². The van der Waals surface area contributed by atoms with Crippen LogP contribution in [0.2, 0.25) is 0 Å². The van der Waals surface area contributed by atoms with Crippen molar-refractivity contribution >= 4 is 17.6 Å². The highest BCUT2D eigenvalue weighted by molar-refractivity contribution is 5.47. The van der Waals surface area contributed by atoms with Crippen LogP contribution < -0.4 is 14.7 Å². The van der Waals surface area contributed by atoms with E-state index in [2.05, 4.69) is 43.8 Å². The van der Waals surface area contributed by atoms with Gasteiger partial charge in [-0.25, -0.2) is 9.97 Å². The van der Waals surface area contributed by atoms with Gasteiger partial charge in [-0.15, -0.1) is 0 Å². The highest BCUT2D eigenvalue weighted by Gasteiger charge is 2.28.